The van der Waals surface area contributed by atoms with Crippen LogP contribution in [-0.4, -0.2) is 36.0 Å². The highest BCUT2D eigenvalue weighted by atomic mass is 127. The Morgan fingerprint density at radius 1 is 1.60 bits per heavy atom. The smallest absolute Gasteiger partial charge is 0.193 e. The molecule has 1 aromatic rings. The summed E-state index contributed by atoms with van der Waals surface area (Å²) in [7, 11) is 1.86. The van der Waals surface area contributed by atoms with Crippen LogP contribution in [0.15, 0.2) is 11.2 Å². The van der Waals surface area contributed by atoms with Crippen LogP contribution < -0.4 is 5.32 Å². The molecule has 0 amide bonds. The molecule has 0 bridgehead atoms. The molecule has 0 aromatic carbocycles. The second-order valence-corrected chi connectivity index (χ2v) is 6.90. The van der Waals surface area contributed by atoms with Crippen molar-refractivity contribution >= 4 is 41.3 Å². The number of likely N-dealkylation sites (tertiary alicyclic amines) is 1. The molecule has 1 aromatic heterocycles. The fourth-order valence-corrected chi connectivity index (χ4v) is 3.21. The van der Waals surface area contributed by atoms with Crippen molar-refractivity contribution in [1.82, 2.24) is 15.2 Å². The molecule has 2 heterocycles. The van der Waals surface area contributed by atoms with E-state index in [0.29, 0.717) is 5.41 Å². The first kappa shape index (κ1) is 17.7. The summed E-state index contributed by atoms with van der Waals surface area (Å²) in [5.74, 6) is 1.02. The van der Waals surface area contributed by atoms with Gasteiger partial charge in [-0.05, 0) is 25.2 Å². The fourth-order valence-electron chi connectivity index (χ4n) is 2.48. The number of guanidine groups is 1. The predicted octanol–water partition coefficient (Wildman–Crippen LogP) is 3.27. The number of halogens is 1. The molecule has 0 radical (unpaired) electrons. The minimum Gasteiger partial charge on any atom is -0.351 e. The van der Waals surface area contributed by atoms with E-state index >= 15 is 0 Å². The number of hydrogen-bond donors (Lipinski definition) is 1. The van der Waals surface area contributed by atoms with Crippen LogP contribution in [0.3, 0.4) is 0 Å². The van der Waals surface area contributed by atoms with Gasteiger partial charge in [-0.15, -0.1) is 35.3 Å². The summed E-state index contributed by atoms with van der Waals surface area (Å²) in [5, 5.41) is 4.57. The van der Waals surface area contributed by atoms with Gasteiger partial charge < -0.3 is 10.2 Å². The zero-order valence-electron chi connectivity index (χ0n) is 12.8. The van der Waals surface area contributed by atoms with E-state index in [9.17, 15) is 0 Å². The van der Waals surface area contributed by atoms with Crippen LogP contribution in [0.4, 0.5) is 0 Å². The van der Waals surface area contributed by atoms with Gasteiger partial charge in [-0.1, -0.05) is 13.8 Å². The van der Waals surface area contributed by atoms with Crippen molar-refractivity contribution in [2.24, 2.45) is 10.4 Å². The lowest BCUT2D eigenvalue weighted by molar-refractivity contribution is 0.322. The molecular formula is C14H25IN4S. The van der Waals surface area contributed by atoms with Crippen molar-refractivity contribution in [2.75, 3.05) is 20.1 Å². The van der Waals surface area contributed by atoms with Gasteiger partial charge in [-0.2, -0.15) is 0 Å². The van der Waals surface area contributed by atoms with E-state index in [1.165, 1.54) is 17.7 Å². The van der Waals surface area contributed by atoms with Crippen molar-refractivity contribution in [3.8, 4) is 0 Å². The molecule has 1 atom stereocenters. The van der Waals surface area contributed by atoms with Gasteiger partial charge >= 0.3 is 0 Å². The Kier molecular flexibility index (Phi) is 6.71. The highest BCUT2D eigenvalue weighted by molar-refractivity contribution is 14.0. The monoisotopic (exact) mass is 408 g/mol. The summed E-state index contributed by atoms with van der Waals surface area (Å²) in [6.07, 6.45) is 4.43. The summed E-state index contributed by atoms with van der Waals surface area (Å²) in [6, 6.07) is 0. The van der Waals surface area contributed by atoms with E-state index in [1.54, 1.807) is 11.3 Å². The van der Waals surface area contributed by atoms with Crippen LogP contribution in [0.1, 0.15) is 36.6 Å². The summed E-state index contributed by atoms with van der Waals surface area (Å²) < 4.78 is 0. The van der Waals surface area contributed by atoms with Crippen LogP contribution in [0.25, 0.3) is 0 Å². The van der Waals surface area contributed by atoms with E-state index in [2.05, 4.69) is 34.0 Å². The maximum Gasteiger partial charge on any atom is 0.193 e. The first-order valence-electron chi connectivity index (χ1n) is 6.93. The summed E-state index contributed by atoms with van der Waals surface area (Å²) in [6.45, 7) is 9.71. The molecular weight excluding hydrogens is 383 g/mol. The first-order chi connectivity index (χ1) is 9.06. The molecule has 0 saturated carbocycles. The Morgan fingerprint density at radius 2 is 2.35 bits per heavy atom. The lowest BCUT2D eigenvalue weighted by Gasteiger charge is -2.25. The quantitative estimate of drug-likeness (QED) is 0.474. The van der Waals surface area contributed by atoms with Gasteiger partial charge in [0.15, 0.2) is 5.96 Å². The van der Waals surface area contributed by atoms with Crippen molar-refractivity contribution in [3.63, 3.8) is 0 Å². The molecule has 2 rings (SSSR count). The Bertz CT molecular complexity index is 460. The number of nitrogens with one attached hydrogen (secondary N) is 1. The lowest BCUT2D eigenvalue weighted by Crippen LogP contribution is -2.40. The standard InChI is InChI=1S/C14H24N4S.HI/c1-5-14(3)6-7-18(10-14)13(15-4)17-9-12-8-16-11(2)19-12;/h8H,5-7,9-10H2,1-4H3,(H,15,17);1H. The fraction of sp³-hybridized carbons (Fsp3) is 0.714. The molecule has 0 aliphatic carbocycles. The molecule has 1 aliphatic rings. The maximum atomic E-state index is 4.41. The van der Waals surface area contributed by atoms with Gasteiger partial charge in [-0.25, -0.2) is 4.98 Å². The van der Waals surface area contributed by atoms with Crippen molar-refractivity contribution in [1.29, 1.82) is 0 Å². The second-order valence-electron chi connectivity index (χ2n) is 5.58. The SMILES string of the molecule is CCC1(C)CCN(C(=NC)NCc2cnc(C)s2)C1.I. The molecule has 1 saturated heterocycles. The maximum absolute atomic E-state index is 4.41. The molecule has 1 N–H and O–H groups in total. The van der Waals surface area contributed by atoms with Gasteiger partial charge in [0, 0.05) is 31.2 Å². The van der Waals surface area contributed by atoms with E-state index in [4.69, 9.17) is 0 Å². The third-order valence-electron chi connectivity index (χ3n) is 4.01. The third-order valence-corrected chi connectivity index (χ3v) is 4.93. The zero-order valence-corrected chi connectivity index (χ0v) is 15.9. The summed E-state index contributed by atoms with van der Waals surface area (Å²) in [5.41, 5.74) is 0.443. The van der Waals surface area contributed by atoms with Crippen LogP contribution >= 0.6 is 35.3 Å². The van der Waals surface area contributed by atoms with Crippen LogP contribution in [0.2, 0.25) is 0 Å². The number of aliphatic imine (C=N–C) groups is 1. The van der Waals surface area contributed by atoms with Crippen molar-refractivity contribution in [3.05, 3.63) is 16.1 Å². The molecule has 0 spiro atoms. The lowest BCUT2D eigenvalue weighted by atomic mass is 9.87. The van der Waals surface area contributed by atoms with E-state index in [-0.39, 0.29) is 24.0 Å². The topological polar surface area (TPSA) is 40.5 Å². The molecule has 4 nitrogen and oxygen atoms in total. The number of thiazole rings is 1. The Balaban J connectivity index is 0.00000200. The normalized spacial score (nSPS) is 22.8. The highest BCUT2D eigenvalue weighted by Crippen LogP contribution is 2.32. The van der Waals surface area contributed by atoms with Crippen LogP contribution in [0, 0.1) is 12.3 Å². The van der Waals surface area contributed by atoms with Crippen molar-refractivity contribution in [2.45, 2.75) is 40.2 Å². The second kappa shape index (κ2) is 7.59. The van der Waals surface area contributed by atoms with Crippen LogP contribution in [-0.2, 0) is 6.54 Å². The average Bonchev–Trinajstić information content (AvgIpc) is 2.98. The highest BCUT2D eigenvalue weighted by Gasteiger charge is 2.33. The van der Waals surface area contributed by atoms with E-state index in [1.807, 2.05) is 20.2 Å². The Labute approximate surface area is 143 Å². The molecule has 20 heavy (non-hydrogen) atoms. The number of aromatic nitrogens is 1. The molecule has 1 unspecified atom stereocenters. The number of rotatable bonds is 3. The van der Waals surface area contributed by atoms with Crippen molar-refractivity contribution < 1.29 is 0 Å². The Morgan fingerprint density at radius 3 is 2.85 bits per heavy atom. The molecule has 1 aliphatic heterocycles. The zero-order chi connectivity index (χ0) is 13.9. The van der Waals surface area contributed by atoms with Crippen LogP contribution in [0.5, 0.6) is 0 Å². The minimum atomic E-state index is 0. The van der Waals surface area contributed by atoms with Gasteiger partial charge in [0.05, 0.1) is 11.6 Å². The number of nitrogens with zero attached hydrogens (tertiary/aromatic N) is 3. The first-order valence-corrected chi connectivity index (χ1v) is 7.75. The van der Waals surface area contributed by atoms with E-state index in [0.717, 1.165) is 30.6 Å². The summed E-state index contributed by atoms with van der Waals surface area (Å²) >= 11 is 1.74. The average molecular weight is 408 g/mol. The number of aryl methyl sites for hydroxylation is 1. The Hall–Kier alpha value is -0.370. The summed E-state index contributed by atoms with van der Waals surface area (Å²) in [4.78, 5) is 12.3. The number of hydrogen-bond acceptors (Lipinski definition) is 3. The predicted molar refractivity (Wildman–Crippen MR) is 97.1 cm³/mol. The van der Waals surface area contributed by atoms with Gasteiger partial charge in [0.25, 0.3) is 0 Å². The minimum absolute atomic E-state index is 0. The van der Waals surface area contributed by atoms with E-state index < -0.39 is 0 Å². The van der Waals surface area contributed by atoms with Gasteiger partial charge in [0.2, 0.25) is 0 Å². The van der Waals surface area contributed by atoms with Gasteiger partial charge in [0.1, 0.15) is 0 Å². The largest absolute Gasteiger partial charge is 0.351 e. The third kappa shape index (κ3) is 4.31. The molecule has 6 heteroatoms. The molecule has 114 valence electrons. The van der Waals surface area contributed by atoms with Gasteiger partial charge in [-0.3, -0.25) is 4.99 Å². The molecule has 1 fully saturated rings.